The third-order valence-electron chi connectivity index (χ3n) is 2.24. The molecule has 0 spiro atoms. The molecule has 1 heterocycles. The molecule has 0 unspecified atom stereocenters. The van der Waals surface area contributed by atoms with Gasteiger partial charge in [-0.3, -0.25) is 4.79 Å². The van der Waals surface area contributed by atoms with E-state index in [1.165, 1.54) is 6.20 Å². The van der Waals surface area contributed by atoms with E-state index in [9.17, 15) is 4.79 Å². The van der Waals surface area contributed by atoms with Crippen molar-refractivity contribution in [3.8, 4) is 11.8 Å². The summed E-state index contributed by atoms with van der Waals surface area (Å²) < 4.78 is 0. The Morgan fingerprint density at radius 3 is 3.11 bits per heavy atom. The van der Waals surface area contributed by atoms with Crippen LogP contribution in [0.3, 0.4) is 0 Å². The maximum atomic E-state index is 11.7. The van der Waals surface area contributed by atoms with Crippen molar-refractivity contribution >= 4 is 11.6 Å². The lowest BCUT2D eigenvalue weighted by Gasteiger charge is -2.02. The summed E-state index contributed by atoms with van der Waals surface area (Å²) in [6.07, 6.45) is 1.77. The van der Waals surface area contributed by atoms with E-state index in [2.05, 4.69) is 32.6 Å². The van der Waals surface area contributed by atoms with Gasteiger partial charge in [0.05, 0.1) is 12.8 Å². The van der Waals surface area contributed by atoms with Crippen molar-refractivity contribution < 1.29 is 9.90 Å². The molecule has 3 N–H and O–H groups in total. The van der Waals surface area contributed by atoms with Gasteiger partial charge in [-0.2, -0.15) is 15.4 Å². The van der Waals surface area contributed by atoms with Crippen LogP contribution in [0.2, 0.25) is 0 Å². The maximum Gasteiger partial charge on any atom is 0.277 e. The first kappa shape index (κ1) is 12.8. The normalized spacial score (nSPS) is 9.53. The fraction of sp³-hybridized carbons (Fsp3) is 0.154. The fourth-order valence-corrected chi connectivity index (χ4v) is 1.40. The monoisotopic (exact) mass is 256 g/mol. The first-order chi connectivity index (χ1) is 9.29. The lowest BCUT2D eigenvalue weighted by molar-refractivity contribution is 0.102. The molecule has 2 aromatic rings. The largest absolute Gasteiger partial charge is 0.395 e. The standard InChI is InChI=1S/C13H12N4O2/c18-7-2-1-4-10-5-3-6-11(8-10)15-13(19)12-9-14-17-16-12/h3,5-6,8-9,18H,2,7H2,(H,15,19)(H,14,16,17). The number of aliphatic hydroxyl groups excluding tert-OH is 1. The van der Waals surface area contributed by atoms with E-state index in [1.807, 2.05) is 6.07 Å². The molecule has 0 fully saturated rings. The minimum atomic E-state index is -0.339. The number of hydrogen-bond acceptors (Lipinski definition) is 4. The van der Waals surface area contributed by atoms with Gasteiger partial charge in [0.2, 0.25) is 0 Å². The molecular weight excluding hydrogens is 244 g/mol. The van der Waals surface area contributed by atoms with Gasteiger partial charge in [-0.15, -0.1) is 0 Å². The zero-order valence-corrected chi connectivity index (χ0v) is 10.1. The number of carbonyl (C=O) groups excluding carboxylic acids is 1. The Bertz CT molecular complexity index is 611. The first-order valence-corrected chi connectivity index (χ1v) is 5.66. The lowest BCUT2D eigenvalue weighted by atomic mass is 10.2. The smallest absolute Gasteiger partial charge is 0.277 e. The number of anilines is 1. The molecule has 0 radical (unpaired) electrons. The Labute approximate surface area is 109 Å². The SMILES string of the molecule is O=C(Nc1cccc(C#CCCO)c1)c1cn[nH]n1. The number of aromatic nitrogens is 3. The highest BCUT2D eigenvalue weighted by Gasteiger charge is 2.08. The number of H-pyrrole nitrogens is 1. The second-order valence-electron chi connectivity index (χ2n) is 3.67. The molecule has 6 heteroatoms. The van der Waals surface area contributed by atoms with Crippen LogP contribution < -0.4 is 5.32 Å². The maximum absolute atomic E-state index is 11.7. The Balaban J connectivity index is 2.07. The first-order valence-electron chi connectivity index (χ1n) is 5.66. The number of carbonyl (C=O) groups is 1. The number of hydrogen-bond donors (Lipinski definition) is 3. The van der Waals surface area contributed by atoms with Crippen LogP contribution in [-0.2, 0) is 0 Å². The van der Waals surface area contributed by atoms with Crippen LogP contribution in [0.25, 0.3) is 0 Å². The molecule has 0 bridgehead atoms. The molecule has 19 heavy (non-hydrogen) atoms. The van der Waals surface area contributed by atoms with Crippen LogP contribution in [0, 0.1) is 11.8 Å². The highest BCUT2D eigenvalue weighted by atomic mass is 16.2. The average Bonchev–Trinajstić information content (AvgIpc) is 2.93. The zero-order chi connectivity index (χ0) is 13.5. The van der Waals surface area contributed by atoms with Gasteiger partial charge in [0.25, 0.3) is 5.91 Å². The third kappa shape index (κ3) is 3.66. The number of amides is 1. The number of benzene rings is 1. The topological polar surface area (TPSA) is 90.9 Å². The number of rotatable bonds is 3. The highest BCUT2D eigenvalue weighted by molar-refractivity contribution is 6.02. The van der Waals surface area contributed by atoms with E-state index in [-0.39, 0.29) is 18.2 Å². The minimum Gasteiger partial charge on any atom is -0.395 e. The molecule has 0 saturated carbocycles. The van der Waals surface area contributed by atoms with Crippen molar-refractivity contribution in [3.63, 3.8) is 0 Å². The highest BCUT2D eigenvalue weighted by Crippen LogP contribution is 2.10. The zero-order valence-electron chi connectivity index (χ0n) is 10.1. The molecule has 0 aliphatic carbocycles. The van der Waals surface area contributed by atoms with Gasteiger partial charge in [0, 0.05) is 17.7 Å². The van der Waals surface area contributed by atoms with E-state index in [0.29, 0.717) is 12.1 Å². The van der Waals surface area contributed by atoms with Crippen LogP contribution in [-0.4, -0.2) is 33.0 Å². The predicted octanol–water partition coefficient (Wildman–Crippen LogP) is 0.791. The molecule has 1 amide bonds. The van der Waals surface area contributed by atoms with E-state index < -0.39 is 0 Å². The van der Waals surface area contributed by atoms with Crippen molar-refractivity contribution in [2.24, 2.45) is 0 Å². The van der Waals surface area contributed by atoms with Gasteiger partial charge < -0.3 is 10.4 Å². The van der Waals surface area contributed by atoms with Gasteiger partial charge in [-0.25, -0.2) is 0 Å². The quantitative estimate of drug-likeness (QED) is 0.708. The number of aromatic amines is 1. The Kier molecular flexibility index (Phi) is 4.26. The van der Waals surface area contributed by atoms with E-state index >= 15 is 0 Å². The van der Waals surface area contributed by atoms with Crippen molar-refractivity contribution in [1.29, 1.82) is 0 Å². The molecule has 1 aromatic carbocycles. The van der Waals surface area contributed by atoms with Crippen LogP contribution in [0.1, 0.15) is 22.5 Å². The van der Waals surface area contributed by atoms with Crippen LogP contribution in [0.5, 0.6) is 0 Å². The molecular formula is C13H12N4O2. The van der Waals surface area contributed by atoms with Gasteiger partial charge >= 0.3 is 0 Å². The van der Waals surface area contributed by atoms with Crippen molar-refractivity contribution in [2.75, 3.05) is 11.9 Å². The summed E-state index contributed by atoms with van der Waals surface area (Å²) in [5.74, 6) is 5.38. The molecule has 96 valence electrons. The second-order valence-corrected chi connectivity index (χ2v) is 3.67. The van der Waals surface area contributed by atoms with Crippen LogP contribution >= 0.6 is 0 Å². The molecule has 0 aliphatic heterocycles. The van der Waals surface area contributed by atoms with Crippen molar-refractivity contribution in [1.82, 2.24) is 15.4 Å². The number of aliphatic hydroxyl groups is 1. The Hall–Kier alpha value is -2.65. The molecule has 0 saturated heterocycles. The Morgan fingerprint density at radius 1 is 1.47 bits per heavy atom. The lowest BCUT2D eigenvalue weighted by Crippen LogP contribution is -2.12. The second kappa shape index (κ2) is 6.33. The molecule has 1 aromatic heterocycles. The van der Waals surface area contributed by atoms with Gasteiger partial charge in [-0.05, 0) is 18.2 Å². The van der Waals surface area contributed by atoms with Crippen LogP contribution in [0.4, 0.5) is 5.69 Å². The van der Waals surface area contributed by atoms with Crippen LogP contribution in [0.15, 0.2) is 30.5 Å². The fourth-order valence-electron chi connectivity index (χ4n) is 1.40. The molecule has 6 nitrogen and oxygen atoms in total. The van der Waals surface area contributed by atoms with E-state index in [4.69, 9.17) is 5.11 Å². The van der Waals surface area contributed by atoms with Crippen molar-refractivity contribution in [3.05, 3.63) is 41.7 Å². The third-order valence-corrected chi connectivity index (χ3v) is 2.24. The van der Waals surface area contributed by atoms with Crippen molar-refractivity contribution in [2.45, 2.75) is 6.42 Å². The molecule has 2 rings (SSSR count). The number of nitrogens with zero attached hydrogens (tertiary/aromatic N) is 2. The van der Waals surface area contributed by atoms with Gasteiger partial charge in [0.1, 0.15) is 0 Å². The summed E-state index contributed by atoms with van der Waals surface area (Å²) in [5.41, 5.74) is 1.62. The summed E-state index contributed by atoms with van der Waals surface area (Å²) in [4.78, 5) is 11.7. The van der Waals surface area contributed by atoms with Gasteiger partial charge in [-0.1, -0.05) is 17.9 Å². The Morgan fingerprint density at radius 2 is 2.37 bits per heavy atom. The molecule has 0 atom stereocenters. The summed E-state index contributed by atoms with van der Waals surface area (Å²) in [6, 6.07) is 7.13. The minimum absolute atomic E-state index is 0.0373. The molecule has 0 aliphatic rings. The average molecular weight is 256 g/mol. The number of nitrogens with one attached hydrogen (secondary N) is 2. The predicted molar refractivity (Wildman–Crippen MR) is 69.4 cm³/mol. The van der Waals surface area contributed by atoms with Gasteiger partial charge in [0.15, 0.2) is 5.69 Å². The van der Waals surface area contributed by atoms with E-state index in [0.717, 1.165) is 5.56 Å². The summed E-state index contributed by atoms with van der Waals surface area (Å²) in [5, 5.41) is 21.0. The summed E-state index contributed by atoms with van der Waals surface area (Å²) in [6.45, 7) is 0.0373. The van der Waals surface area contributed by atoms with E-state index in [1.54, 1.807) is 18.2 Å². The summed E-state index contributed by atoms with van der Waals surface area (Å²) in [7, 11) is 0. The summed E-state index contributed by atoms with van der Waals surface area (Å²) >= 11 is 0.